The summed E-state index contributed by atoms with van der Waals surface area (Å²) in [5.74, 6) is 1.000. The van der Waals surface area contributed by atoms with Gasteiger partial charge in [-0.15, -0.1) is 10.2 Å². The van der Waals surface area contributed by atoms with Crippen molar-refractivity contribution in [2.45, 2.75) is 39.5 Å². The SMILES string of the molecule is Cc1cc(OCCCC(=O)Nc2nnc(C(C)C)s2)ccc1Cl. The van der Waals surface area contributed by atoms with Gasteiger partial charge in [-0.2, -0.15) is 0 Å². The first-order chi connectivity index (χ1) is 11.0. The number of benzene rings is 1. The van der Waals surface area contributed by atoms with E-state index in [2.05, 4.69) is 15.5 Å². The second kappa shape index (κ2) is 8.26. The molecule has 0 saturated carbocycles. The summed E-state index contributed by atoms with van der Waals surface area (Å²) < 4.78 is 5.61. The highest BCUT2D eigenvalue weighted by Gasteiger charge is 2.10. The number of anilines is 1. The smallest absolute Gasteiger partial charge is 0.226 e. The number of amides is 1. The highest BCUT2D eigenvalue weighted by molar-refractivity contribution is 7.15. The van der Waals surface area contributed by atoms with Gasteiger partial charge in [-0.25, -0.2) is 0 Å². The van der Waals surface area contributed by atoms with Gasteiger partial charge in [0.15, 0.2) is 0 Å². The second-order valence-electron chi connectivity index (χ2n) is 5.51. The van der Waals surface area contributed by atoms with E-state index in [0.717, 1.165) is 21.3 Å². The monoisotopic (exact) mass is 353 g/mol. The number of rotatable bonds is 7. The Balaban J connectivity index is 1.71. The number of hydrogen-bond donors (Lipinski definition) is 1. The van der Waals surface area contributed by atoms with E-state index in [1.807, 2.05) is 32.9 Å². The molecular weight excluding hydrogens is 334 g/mol. The van der Waals surface area contributed by atoms with Crippen molar-refractivity contribution in [2.24, 2.45) is 0 Å². The van der Waals surface area contributed by atoms with Crippen LogP contribution < -0.4 is 10.1 Å². The van der Waals surface area contributed by atoms with Crippen LogP contribution in [0.1, 0.15) is 43.2 Å². The molecule has 1 N–H and O–H groups in total. The minimum atomic E-state index is -0.0765. The van der Waals surface area contributed by atoms with E-state index < -0.39 is 0 Å². The van der Waals surface area contributed by atoms with E-state index in [9.17, 15) is 4.79 Å². The Morgan fingerprint density at radius 2 is 2.17 bits per heavy atom. The summed E-state index contributed by atoms with van der Waals surface area (Å²) in [6.07, 6.45) is 1.01. The number of nitrogens with zero attached hydrogens (tertiary/aromatic N) is 2. The fourth-order valence-corrected chi connectivity index (χ4v) is 2.71. The van der Waals surface area contributed by atoms with E-state index in [1.54, 1.807) is 6.07 Å². The standard InChI is InChI=1S/C16H20ClN3O2S/c1-10(2)15-19-20-16(23-15)18-14(21)5-4-8-22-12-6-7-13(17)11(3)9-12/h6-7,9-10H,4-5,8H2,1-3H3,(H,18,20,21). The summed E-state index contributed by atoms with van der Waals surface area (Å²) >= 11 is 7.37. The number of carbonyl (C=O) groups excluding carboxylic acids is 1. The van der Waals surface area contributed by atoms with Gasteiger partial charge < -0.3 is 10.1 Å². The molecule has 0 aliphatic carbocycles. The van der Waals surface area contributed by atoms with Crippen LogP contribution >= 0.6 is 22.9 Å². The zero-order valence-corrected chi connectivity index (χ0v) is 15.0. The molecule has 23 heavy (non-hydrogen) atoms. The first-order valence-electron chi connectivity index (χ1n) is 7.48. The molecule has 5 nitrogen and oxygen atoms in total. The molecule has 0 unspecified atom stereocenters. The average molecular weight is 354 g/mol. The average Bonchev–Trinajstić information content (AvgIpc) is 2.96. The summed E-state index contributed by atoms with van der Waals surface area (Å²) in [6.45, 7) is 6.49. The third-order valence-electron chi connectivity index (χ3n) is 3.13. The number of halogens is 1. The summed E-state index contributed by atoms with van der Waals surface area (Å²) in [4.78, 5) is 11.9. The first kappa shape index (κ1) is 17.7. The van der Waals surface area contributed by atoms with Crippen molar-refractivity contribution >= 4 is 34.0 Å². The molecule has 124 valence electrons. The predicted octanol–water partition coefficient (Wildman–Crippen LogP) is 4.42. The van der Waals surface area contributed by atoms with Crippen molar-refractivity contribution in [1.82, 2.24) is 10.2 Å². The van der Waals surface area contributed by atoms with Crippen molar-refractivity contribution in [3.05, 3.63) is 33.8 Å². The lowest BCUT2D eigenvalue weighted by Gasteiger charge is -2.07. The van der Waals surface area contributed by atoms with E-state index in [4.69, 9.17) is 16.3 Å². The maximum Gasteiger partial charge on any atom is 0.226 e. The van der Waals surface area contributed by atoms with Crippen molar-refractivity contribution in [3.8, 4) is 5.75 Å². The van der Waals surface area contributed by atoms with Gasteiger partial charge in [-0.1, -0.05) is 36.8 Å². The lowest BCUT2D eigenvalue weighted by molar-refractivity contribution is -0.116. The third-order valence-corrected chi connectivity index (χ3v) is 4.69. The molecule has 0 spiro atoms. The Morgan fingerprint density at radius 3 is 2.83 bits per heavy atom. The molecular formula is C16H20ClN3O2S. The molecule has 0 fully saturated rings. The molecule has 1 amide bonds. The van der Waals surface area contributed by atoms with Gasteiger partial charge in [0.2, 0.25) is 11.0 Å². The van der Waals surface area contributed by atoms with Gasteiger partial charge in [-0.3, -0.25) is 4.79 Å². The van der Waals surface area contributed by atoms with Gasteiger partial charge in [0, 0.05) is 17.4 Å². The van der Waals surface area contributed by atoms with Crippen LogP contribution in [0.25, 0.3) is 0 Å². The fraction of sp³-hybridized carbons (Fsp3) is 0.438. The largest absolute Gasteiger partial charge is 0.494 e. The highest BCUT2D eigenvalue weighted by atomic mass is 35.5. The normalized spacial score (nSPS) is 10.8. The van der Waals surface area contributed by atoms with Gasteiger partial charge in [0.05, 0.1) is 6.61 Å². The zero-order chi connectivity index (χ0) is 16.8. The molecule has 7 heteroatoms. The van der Waals surface area contributed by atoms with Crippen LogP contribution in [-0.2, 0) is 4.79 Å². The molecule has 0 atom stereocenters. The zero-order valence-electron chi connectivity index (χ0n) is 13.4. The van der Waals surface area contributed by atoms with Crippen molar-refractivity contribution in [1.29, 1.82) is 0 Å². The van der Waals surface area contributed by atoms with Crippen molar-refractivity contribution in [3.63, 3.8) is 0 Å². The maximum absolute atomic E-state index is 11.9. The Kier molecular flexibility index (Phi) is 6.36. The van der Waals surface area contributed by atoms with E-state index in [-0.39, 0.29) is 5.91 Å². The van der Waals surface area contributed by atoms with Crippen molar-refractivity contribution < 1.29 is 9.53 Å². The predicted molar refractivity (Wildman–Crippen MR) is 93.5 cm³/mol. The van der Waals surface area contributed by atoms with Crippen LogP contribution in [0.2, 0.25) is 5.02 Å². The maximum atomic E-state index is 11.9. The number of aromatic nitrogens is 2. The second-order valence-corrected chi connectivity index (χ2v) is 6.93. The molecule has 0 saturated heterocycles. The van der Waals surface area contributed by atoms with Gasteiger partial charge in [-0.05, 0) is 37.1 Å². The molecule has 1 heterocycles. The molecule has 1 aromatic heterocycles. The summed E-state index contributed by atoms with van der Waals surface area (Å²) in [5.41, 5.74) is 0.971. The summed E-state index contributed by atoms with van der Waals surface area (Å²) in [5, 5.41) is 13.0. The van der Waals surface area contributed by atoms with Crippen LogP contribution in [0.4, 0.5) is 5.13 Å². The van der Waals surface area contributed by atoms with Gasteiger partial charge >= 0.3 is 0 Å². The topological polar surface area (TPSA) is 64.1 Å². The summed E-state index contributed by atoms with van der Waals surface area (Å²) in [7, 11) is 0. The van der Waals surface area contributed by atoms with Crippen LogP contribution in [-0.4, -0.2) is 22.7 Å². The molecule has 2 rings (SSSR count). The van der Waals surface area contributed by atoms with E-state index >= 15 is 0 Å². The van der Waals surface area contributed by atoms with E-state index in [1.165, 1.54) is 11.3 Å². The molecule has 2 aromatic rings. The Hall–Kier alpha value is -1.66. The lowest BCUT2D eigenvalue weighted by Crippen LogP contribution is -2.12. The number of hydrogen-bond acceptors (Lipinski definition) is 5. The third kappa shape index (κ3) is 5.48. The van der Waals surface area contributed by atoms with E-state index in [0.29, 0.717) is 30.5 Å². The molecule has 1 aromatic carbocycles. The molecule has 0 aliphatic heterocycles. The van der Waals surface area contributed by atoms with Crippen LogP contribution in [0.5, 0.6) is 5.75 Å². The minimum absolute atomic E-state index is 0.0765. The summed E-state index contributed by atoms with van der Waals surface area (Å²) in [6, 6.07) is 5.52. The van der Waals surface area contributed by atoms with Gasteiger partial charge in [0.1, 0.15) is 10.8 Å². The minimum Gasteiger partial charge on any atom is -0.494 e. The number of carbonyl (C=O) groups is 1. The van der Waals surface area contributed by atoms with Crippen LogP contribution in [0.15, 0.2) is 18.2 Å². The van der Waals surface area contributed by atoms with Crippen molar-refractivity contribution in [2.75, 3.05) is 11.9 Å². The Labute approximate surface area is 145 Å². The quantitative estimate of drug-likeness (QED) is 0.748. The molecule has 0 aliphatic rings. The molecule has 0 bridgehead atoms. The van der Waals surface area contributed by atoms with Gasteiger partial charge in [0.25, 0.3) is 0 Å². The Morgan fingerprint density at radius 1 is 1.39 bits per heavy atom. The lowest BCUT2D eigenvalue weighted by atomic mass is 10.2. The highest BCUT2D eigenvalue weighted by Crippen LogP contribution is 2.23. The first-order valence-corrected chi connectivity index (χ1v) is 8.67. The fourth-order valence-electron chi connectivity index (χ4n) is 1.83. The van der Waals surface area contributed by atoms with Crippen LogP contribution in [0, 0.1) is 6.92 Å². The Bertz CT molecular complexity index is 673. The molecule has 0 radical (unpaired) electrons. The number of nitrogens with one attached hydrogen (secondary N) is 1. The number of aryl methyl sites for hydroxylation is 1. The number of ether oxygens (including phenoxy) is 1. The van der Waals surface area contributed by atoms with Crippen LogP contribution in [0.3, 0.4) is 0 Å².